The summed E-state index contributed by atoms with van der Waals surface area (Å²) in [4.78, 5) is 10.8. The lowest BCUT2D eigenvalue weighted by Crippen LogP contribution is -2.46. The van der Waals surface area contributed by atoms with Crippen molar-refractivity contribution < 1.29 is 35.5 Å². The first-order chi connectivity index (χ1) is 8.47. The largest absolute Gasteiger partial charge is 0.338 e. The van der Waals surface area contributed by atoms with Crippen molar-refractivity contribution in [3.8, 4) is 0 Å². The number of alkyl halides is 7. The molecule has 0 spiro atoms. The molecular formula is C10H13F7OS. The molecule has 0 aliphatic rings. The minimum absolute atomic E-state index is 0.0896. The highest BCUT2D eigenvalue weighted by Crippen LogP contribution is 2.43. The average molecular weight is 314 g/mol. The van der Waals surface area contributed by atoms with Crippen LogP contribution in [0.4, 0.5) is 30.7 Å². The molecule has 0 N–H and O–H groups in total. The molecule has 0 atom stereocenters. The Morgan fingerprint density at radius 3 is 2.00 bits per heavy atom. The van der Waals surface area contributed by atoms with Gasteiger partial charge in [0.15, 0.2) is 11.8 Å². The van der Waals surface area contributed by atoms with Gasteiger partial charge in [0.05, 0.1) is 6.42 Å². The Morgan fingerprint density at radius 2 is 1.58 bits per heavy atom. The van der Waals surface area contributed by atoms with E-state index in [-0.39, 0.29) is 6.42 Å². The van der Waals surface area contributed by atoms with Gasteiger partial charge in [-0.1, -0.05) is 18.7 Å². The molecule has 0 aliphatic carbocycles. The van der Waals surface area contributed by atoms with Crippen LogP contribution in [0.15, 0.2) is 0 Å². The van der Waals surface area contributed by atoms with Crippen LogP contribution in [0.3, 0.4) is 0 Å². The number of carbonyl (C=O) groups excluding carboxylic acids is 1. The van der Waals surface area contributed by atoms with Crippen LogP contribution in [-0.4, -0.2) is 35.3 Å². The van der Waals surface area contributed by atoms with Gasteiger partial charge in [-0.3, -0.25) is 4.79 Å². The van der Waals surface area contributed by atoms with Crippen LogP contribution in [0, 0.1) is 0 Å². The molecule has 9 heteroatoms. The number of halogens is 7. The molecule has 0 aromatic carbocycles. The Labute approximate surface area is 109 Å². The third-order valence-corrected chi connectivity index (χ3v) is 3.22. The van der Waals surface area contributed by atoms with E-state index in [4.69, 9.17) is 0 Å². The molecule has 0 aromatic rings. The summed E-state index contributed by atoms with van der Waals surface area (Å²) in [5.41, 5.74) is 0. The highest BCUT2D eigenvalue weighted by molar-refractivity contribution is 8.13. The summed E-state index contributed by atoms with van der Waals surface area (Å²) in [6.07, 6.45) is -3.51. The van der Waals surface area contributed by atoms with E-state index in [2.05, 4.69) is 0 Å². The predicted octanol–water partition coefficient (Wildman–Crippen LogP) is 4.31. The lowest BCUT2D eigenvalue weighted by Gasteiger charge is -2.27. The van der Waals surface area contributed by atoms with E-state index in [1.807, 2.05) is 0 Å². The highest BCUT2D eigenvalue weighted by Gasteiger charge is 2.60. The zero-order valence-electron chi connectivity index (χ0n) is 10.00. The third kappa shape index (κ3) is 6.01. The number of rotatable bonds is 8. The summed E-state index contributed by atoms with van der Waals surface area (Å²) >= 11 is 0.517. The Balaban J connectivity index is 4.47. The van der Waals surface area contributed by atoms with Crippen molar-refractivity contribution in [2.75, 3.05) is 12.4 Å². The molecule has 0 rings (SSSR count). The standard InChI is InChI=1S/C10H13F7OS/c1-2-7(18)19-4-3-8(12,13)5-9(14,15)10(16,17)6-11/h2-6H2,1H3. The molecule has 1 nitrogen and oxygen atoms in total. The fourth-order valence-corrected chi connectivity index (χ4v) is 1.89. The van der Waals surface area contributed by atoms with Gasteiger partial charge in [-0.25, -0.2) is 13.2 Å². The Bertz CT molecular complexity index is 306. The molecule has 19 heavy (non-hydrogen) atoms. The summed E-state index contributed by atoms with van der Waals surface area (Å²) in [5.74, 6) is -14.8. The molecule has 0 unspecified atom stereocenters. The average Bonchev–Trinajstić information content (AvgIpc) is 2.26. The van der Waals surface area contributed by atoms with Crippen molar-refractivity contribution >= 4 is 16.9 Å². The fourth-order valence-electron chi connectivity index (χ4n) is 1.06. The van der Waals surface area contributed by atoms with Gasteiger partial charge < -0.3 is 0 Å². The monoisotopic (exact) mass is 314 g/mol. The number of hydrogen-bond acceptors (Lipinski definition) is 2. The van der Waals surface area contributed by atoms with E-state index in [0.29, 0.717) is 11.8 Å². The fraction of sp³-hybridized carbons (Fsp3) is 0.900. The van der Waals surface area contributed by atoms with Crippen molar-refractivity contribution in [1.82, 2.24) is 0 Å². The van der Waals surface area contributed by atoms with Crippen LogP contribution in [0.5, 0.6) is 0 Å². The maximum Gasteiger partial charge on any atom is 0.338 e. The van der Waals surface area contributed by atoms with E-state index in [0.717, 1.165) is 0 Å². The molecule has 0 saturated carbocycles. The summed E-state index contributed by atoms with van der Waals surface area (Å²) < 4.78 is 88.4. The highest BCUT2D eigenvalue weighted by atomic mass is 32.2. The second-order valence-corrected chi connectivity index (χ2v) is 5.05. The minimum atomic E-state index is -5.13. The topological polar surface area (TPSA) is 17.1 Å². The first kappa shape index (κ1) is 18.5. The van der Waals surface area contributed by atoms with Crippen LogP contribution < -0.4 is 0 Å². The van der Waals surface area contributed by atoms with Crippen molar-refractivity contribution in [1.29, 1.82) is 0 Å². The van der Waals surface area contributed by atoms with E-state index in [9.17, 15) is 35.5 Å². The molecule has 0 amide bonds. The quantitative estimate of drug-likeness (QED) is 0.621. The molecule has 0 radical (unpaired) electrons. The second kappa shape index (κ2) is 6.81. The number of hydrogen-bond donors (Lipinski definition) is 0. The lowest BCUT2D eigenvalue weighted by molar-refractivity contribution is -0.243. The molecule has 0 aliphatic heterocycles. The molecule has 0 saturated heterocycles. The van der Waals surface area contributed by atoms with Crippen LogP contribution in [0.25, 0.3) is 0 Å². The summed E-state index contributed by atoms with van der Waals surface area (Å²) in [6, 6.07) is 0. The molecule has 0 heterocycles. The number of thioether (sulfide) groups is 1. The first-order valence-corrected chi connectivity index (χ1v) is 6.31. The lowest BCUT2D eigenvalue weighted by atomic mass is 10.0. The predicted molar refractivity (Wildman–Crippen MR) is 57.8 cm³/mol. The van der Waals surface area contributed by atoms with Crippen molar-refractivity contribution in [2.24, 2.45) is 0 Å². The summed E-state index contributed by atoms with van der Waals surface area (Å²) in [7, 11) is 0. The van der Waals surface area contributed by atoms with Gasteiger partial charge >= 0.3 is 11.8 Å². The molecule has 0 aromatic heterocycles. The van der Waals surface area contributed by atoms with Crippen LogP contribution in [-0.2, 0) is 4.79 Å². The van der Waals surface area contributed by atoms with E-state index < -0.39 is 48.2 Å². The zero-order chi connectivity index (χ0) is 15.3. The number of carbonyl (C=O) groups is 1. The van der Waals surface area contributed by atoms with Gasteiger partial charge in [0.2, 0.25) is 0 Å². The molecular weight excluding hydrogens is 301 g/mol. The van der Waals surface area contributed by atoms with Crippen LogP contribution >= 0.6 is 11.8 Å². The molecule has 0 fully saturated rings. The minimum Gasteiger partial charge on any atom is -0.287 e. The summed E-state index contributed by atoms with van der Waals surface area (Å²) in [5, 5.41) is -0.406. The smallest absolute Gasteiger partial charge is 0.287 e. The van der Waals surface area contributed by atoms with E-state index >= 15 is 0 Å². The van der Waals surface area contributed by atoms with Gasteiger partial charge in [0.25, 0.3) is 5.92 Å². The summed E-state index contributed by atoms with van der Waals surface area (Å²) in [6.45, 7) is -1.22. The zero-order valence-corrected chi connectivity index (χ0v) is 10.8. The van der Waals surface area contributed by atoms with Crippen LogP contribution in [0.1, 0.15) is 26.2 Å². The second-order valence-electron chi connectivity index (χ2n) is 3.90. The SMILES string of the molecule is CCC(=O)SCCC(F)(F)CC(F)(F)C(F)(F)CF. The van der Waals surface area contributed by atoms with Gasteiger partial charge in [-0.15, -0.1) is 0 Å². The van der Waals surface area contributed by atoms with Crippen LogP contribution in [0.2, 0.25) is 0 Å². The van der Waals surface area contributed by atoms with Crippen molar-refractivity contribution in [3.05, 3.63) is 0 Å². The Kier molecular flexibility index (Phi) is 6.64. The maximum absolute atomic E-state index is 13.1. The van der Waals surface area contributed by atoms with Gasteiger partial charge in [-0.2, -0.15) is 17.6 Å². The van der Waals surface area contributed by atoms with Gasteiger partial charge in [0, 0.05) is 18.6 Å². The maximum atomic E-state index is 13.1. The van der Waals surface area contributed by atoms with Crippen molar-refractivity contribution in [2.45, 2.75) is 44.0 Å². The Morgan fingerprint density at radius 1 is 1.05 bits per heavy atom. The first-order valence-electron chi connectivity index (χ1n) is 5.32. The Hall–Kier alpha value is -0.470. The van der Waals surface area contributed by atoms with E-state index in [1.54, 1.807) is 0 Å². The normalized spacial score (nSPS) is 13.7. The van der Waals surface area contributed by atoms with Crippen molar-refractivity contribution in [3.63, 3.8) is 0 Å². The van der Waals surface area contributed by atoms with E-state index in [1.165, 1.54) is 6.92 Å². The van der Waals surface area contributed by atoms with Gasteiger partial charge in [0.1, 0.15) is 0 Å². The molecule has 114 valence electrons. The molecule has 0 bridgehead atoms. The van der Waals surface area contributed by atoms with Gasteiger partial charge in [-0.05, 0) is 0 Å². The third-order valence-electron chi connectivity index (χ3n) is 2.20.